The first-order valence-corrected chi connectivity index (χ1v) is 8.34. The third-order valence-corrected chi connectivity index (χ3v) is 4.40. The van der Waals surface area contributed by atoms with Crippen molar-refractivity contribution in [1.29, 1.82) is 0 Å². The third kappa shape index (κ3) is 3.99. The van der Waals surface area contributed by atoms with Crippen molar-refractivity contribution < 1.29 is 28.5 Å². The Labute approximate surface area is 142 Å². The molecule has 0 bridgehead atoms. The van der Waals surface area contributed by atoms with E-state index < -0.39 is 5.97 Å². The van der Waals surface area contributed by atoms with Gasteiger partial charge in [-0.1, -0.05) is 0 Å². The first-order valence-electron chi connectivity index (χ1n) is 8.34. The summed E-state index contributed by atoms with van der Waals surface area (Å²) in [7, 11) is 2.89. The molecule has 1 heterocycles. The van der Waals surface area contributed by atoms with Gasteiger partial charge in [0.15, 0.2) is 17.8 Å². The van der Waals surface area contributed by atoms with Gasteiger partial charge in [-0.15, -0.1) is 0 Å². The molecule has 1 atom stereocenters. The van der Waals surface area contributed by atoms with E-state index in [1.54, 1.807) is 25.3 Å². The summed E-state index contributed by atoms with van der Waals surface area (Å²) in [6.45, 7) is 1.21. The molecule has 1 aromatic rings. The summed E-state index contributed by atoms with van der Waals surface area (Å²) >= 11 is 0. The van der Waals surface area contributed by atoms with Gasteiger partial charge < -0.3 is 23.7 Å². The summed E-state index contributed by atoms with van der Waals surface area (Å²) in [4.78, 5) is 11.6. The highest BCUT2D eigenvalue weighted by atomic mass is 16.7. The summed E-state index contributed by atoms with van der Waals surface area (Å²) in [6, 6.07) is 5.00. The van der Waals surface area contributed by atoms with E-state index in [-0.39, 0.29) is 11.9 Å². The fraction of sp³-hybridized carbons (Fsp3) is 0.611. The number of rotatable bonds is 7. The molecule has 1 unspecified atom stereocenters. The molecule has 2 fully saturated rings. The maximum atomic E-state index is 11.6. The Morgan fingerprint density at radius 1 is 1.25 bits per heavy atom. The Morgan fingerprint density at radius 2 is 2.08 bits per heavy atom. The lowest BCUT2D eigenvalue weighted by atomic mass is 10.2. The molecule has 0 aromatic heterocycles. The van der Waals surface area contributed by atoms with Gasteiger partial charge in [0.25, 0.3) is 0 Å². The van der Waals surface area contributed by atoms with Crippen molar-refractivity contribution in [3.05, 3.63) is 23.8 Å². The summed E-state index contributed by atoms with van der Waals surface area (Å²) in [6.07, 6.45) is 5.01. The van der Waals surface area contributed by atoms with Crippen LogP contribution in [-0.4, -0.2) is 45.3 Å². The van der Waals surface area contributed by atoms with Gasteiger partial charge in [0.1, 0.15) is 12.2 Å². The van der Waals surface area contributed by atoms with E-state index in [4.69, 9.17) is 23.7 Å². The van der Waals surface area contributed by atoms with Gasteiger partial charge in [-0.25, -0.2) is 4.79 Å². The van der Waals surface area contributed by atoms with Crippen molar-refractivity contribution in [3.63, 3.8) is 0 Å². The molecule has 0 N–H and O–H groups in total. The predicted octanol–water partition coefficient (Wildman–Crippen LogP) is 2.94. The van der Waals surface area contributed by atoms with Crippen molar-refractivity contribution in [2.75, 3.05) is 27.4 Å². The quantitative estimate of drug-likeness (QED) is 0.714. The highest BCUT2D eigenvalue weighted by Gasteiger charge is 2.47. The average molecular weight is 336 g/mol. The zero-order valence-electron chi connectivity index (χ0n) is 14.2. The molecule has 1 aliphatic carbocycles. The van der Waals surface area contributed by atoms with E-state index in [0.717, 1.165) is 38.7 Å². The second-order valence-electron chi connectivity index (χ2n) is 6.24. The molecule has 1 aliphatic heterocycles. The van der Waals surface area contributed by atoms with E-state index in [9.17, 15) is 4.79 Å². The molecule has 0 radical (unpaired) electrons. The molecule has 3 rings (SSSR count). The smallest absolute Gasteiger partial charge is 0.337 e. The van der Waals surface area contributed by atoms with Crippen LogP contribution in [0.4, 0.5) is 0 Å². The maximum absolute atomic E-state index is 11.6. The zero-order valence-corrected chi connectivity index (χ0v) is 14.2. The second kappa shape index (κ2) is 7.40. The van der Waals surface area contributed by atoms with Crippen LogP contribution in [0.15, 0.2) is 18.2 Å². The van der Waals surface area contributed by atoms with Crippen molar-refractivity contribution in [1.82, 2.24) is 0 Å². The number of hydrogen-bond donors (Lipinski definition) is 0. The molecule has 132 valence electrons. The lowest BCUT2D eigenvalue weighted by Gasteiger charge is -2.28. The lowest BCUT2D eigenvalue weighted by molar-refractivity contribution is -0.202. The number of ether oxygens (including phenoxy) is 5. The van der Waals surface area contributed by atoms with Crippen LogP contribution in [0.25, 0.3) is 0 Å². The van der Waals surface area contributed by atoms with E-state index in [1.807, 2.05) is 0 Å². The van der Waals surface area contributed by atoms with Crippen molar-refractivity contribution in [2.45, 2.75) is 44.0 Å². The van der Waals surface area contributed by atoms with Gasteiger partial charge in [-0.3, -0.25) is 0 Å². The van der Waals surface area contributed by atoms with Crippen molar-refractivity contribution in [3.8, 4) is 11.5 Å². The molecule has 1 aromatic carbocycles. The Balaban J connectivity index is 1.60. The minimum absolute atomic E-state index is 0.117. The molecular weight excluding hydrogens is 312 g/mol. The molecule has 6 heteroatoms. The fourth-order valence-electron chi connectivity index (χ4n) is 2.76. The van der Waals surface area contributed by atoms with Crippen LogP contribution in [0.1, 0.15) is 42.5 Å². The number of carbonyl (C=O) groups excluding carboxylic acids is 1. The van der Waals surface area contributed by atoms with Gasteiger partial charge >= 0.3 is 5.97 Å². The molecule has 24 heavy (non-hydrogen) atoms. The molecular formula is C18H24O6. The van der Waals surface area contributed by atoms with E-state index >= 15 is 0 Å². The van der Waals surface area contributed by atoms with Crippen LogP contribution < -0.4 is 9.47 Å². The van der Waals surface area contributed by atoms with Gasteiger partial charge in [-0.2, -0.15) is 0 Å². The zero-order chi connectivity index (χ0) is 17.0. The Bertz CT molecular complexity index is 575. The minimum Gasteiger partial charge on any atom is -0.493 e. The SMILES string of the molecule is COC(=O)c1ccc(OCC2(OC3CCCCO3)CC2)c(OC)c1. The first kappa shape index (κ1) is 17.0. The van der Waals surface area contributed by atoms with Crippen LogP contribution in [0.5, 0.6) is 11.5 Å². The van der Waals surface area contributed by atoms with Crippen LogP contribution >= 0.6 is 0 Å². The Kier molecular flexibility index (Phi) is 5.26. The molecule has 1 saturated heterocycles. The minimum atomic E-state index is -0.406. The first-order chi connectivity index (χ1) is 11.7. The predicted molar refractivity (Wildman–Crippen MR) is 86.5 cm³/mol. The van der Waals surface area contributed by atoms with Crippen LogP contribution in [0, 0.1) is 0 Å². The molecule has 1 saturated carbocycles. The lowest BCUT2D eigenvalue weighted by Crippen LogP contribution is -2.33. The molecule has 6 nitrogen and oxygen atoms in total. The Hall–Kier alpha value is -1.79. The van der Waals surface area contributed by atoms with Crippen molar-refractivity contribution in [2.24, 2.45) is 0 Å². The summed E-state index contributed by atoms with van der Waals surface area (Å²) in [5.41, 5.74) is 0.170. The number of carbonyl (C=O) groups is 1. The van der Waals surface area contributed by atoms with Crippen LogP contribution in [0.3, 0.4) is 0 Å². The van der Waals surface area contributed by atoms with Gasteiger partial charge in [0.2, 0.25) is 0 Å². The third-order valence-electron chi connectivity index (χ3n) is 4.40. The summed E-state index contributed by atoms with van der Waals surface area (Å²) < 4.78 is 27.7. The highest BCUT2D eigenvalue weighted by Crippen LogP contribution is 2.43. The normalized spacial score (nSPS) is 21.8. The van der Waals surface area contributed by atoms with Crippen molar-refractivity contribution >= 4 is 5.97 Å². The Morgan fingerprint density at radius 3 is 2.71 bits per heavy atom. The fourth-order valence-corrected chi connectivity index (χ4v) is 2.76. The highest BCUT2D eigenvalue weighted by molar-refractivity contribution is 5.90. The average Bonchev–Trinajstić information content (AvgIpc) is 3.39. The van der Waals surface area contributed by atoms with E-state index in [1.165, 1.54) is 7.11 Å². The summed E-state index contributed by atoms with van der Waals surface area (Å²) in [5, 5.41) is 0. The number of esters is 1. The second-order valence-corrected chi connectivity index (χ2v) is 6.24. The molecule has 0 amide bonds. The number of hydrogen-bond acceptors (Lipinski definition) is 6. The monoisotopic (exact) mass is 336 g/mol. The van der Waals surface area contributed by atoms with E-state index in [2.05, 4.69) is 0 Å². The van der Waals surface area contributed by atoms with Gasteiger partial charge in [0, 0.05) is 6.61 Å². The standard InChI is InChI=1S/C18H24O6/c1-20-15-11-13(17(19)21-2)6-7-14(15)23-12-18(8-9-18)24-16-5-3-4-10-22-16/h6-7,11,16H,3-5,8-10,12H2,1-2H3. The van der Waals surface area contributed by atoms with Gasteiger partial charge in [-0.05, 0) is 50.3 Å². The van der Waals surface area contributed by atoms with Crippen LogP contribution in [0.2, 0.25) is 0 Å². The molecule has 2 aliphatic rings. The topological polar surface area (TPSA) is 63.2 Å². The largest absolute Gasteiger partial charge is 0.493 e. The number of methoxy groups -OCH3 is 2. The van der Waals surface area contributed by atoms with Gasteiger partial charge in [0.05, 0.1) is 19.8 Å². The molecule has 0 spiro atoms. The van der Waals surface area contributed by atoms with E-state index in [0.29, 0.717) is 23.7 Å². The van der Waals surface area contributed by atoms with Crippen LogP contribution in [-0.2, 0) is 14.2 Å². The summed E-state index contributed by atoms with van der Waals surface area (Å²) in [5.74, 6) is 0.684. The number of benzene rings is 1. The maximum Gasteiger partial charge on any atom is 0.337 e.